The van der Waals surface area contributed by atoms with Gasteiger partial charge in [0.15, 0.2) is 0 Å². The first-order chi connectivity index (χ1) is 8.05. The predicted molar refractivity (Wildman–Crippen MR) is 53.7 cm³/mol. The molecule has 2 N–H and O–H groups in total. The summed E-state index contributed by atoms with van der Waals surface area (Å²) in [5.74, 6) is 0. The molecular weight excluding hydrogens is 260 g/mol. The van der Waals surface area contributed by atoms with Crippen molar-refractivity contribution in [1.82, 2.24) is 0 Å². The van der Waals surface area contributed by atoms with E-state index in [9.17, 15) is 26.3 Å². The van der Waals surface area contributed by atoms with E-state index in [1.807, 2.05) is 0 Å². The van der Waals surface area contributed by atoms with Crippen LogP contribution >= 0.6 is 0 Å². The molecule has 0 unspecified atom stereocenters. The zero-order chi connectivity index (χ0) is 14.1. The first-order valence-electron chi connectivity index (χ1n) is 5.10. The SMILES string of the molecule is CC[C@H](N)c1cc(C(F)(F)F)cc(C(F)(F)F)c1. The standard InChI is InChI=1S/C11H11F6N/c1-2-9(18)6-3-7(10(12,13)14)5-8(4-6)11(15,16)17/h3-5,9H,2,18H2,1H3/t9-/m0/s1. The summed E-state index contributed by atoms with van der Waals surface area (Å²) in [5.41, 5.74) is 2.64. The van der Waals surface area contributed by atoms with E-state index in [1.54, 1.807) is 6.92 Å². The highest BCUT2D eigenvalue weighted by Crippen LogP contribution is 2.37. The van der Waals surface area contributed by atoms with Crippen molar-refractivity contribution in [2.24, 2.45) is 5.73 Å². The van der Waals surface area contributed by atoms with Crippen molar-refractivity contribution in [2.45, 2.75) is 31.7 Å². The minimum absolute atomic E-state index is 0.0892. The van der Waals surface area contributed by atoms with Gasteiger partial charge in [-0.05, 0) is 30.2 Å². The van der Waals surface area contributed by atoms with Crippen LogP contribution in [0.5, 0.6) is 0 Å². The van der Waals surface area contributed by atoms with Gasteiger partial charge in [0.25, 0.3) is 0 Å². The Labute approximate surface area is 99.6 Å². The molecule has 0 amide bonds. The highest BCUT2D eigenvalue weighted by atomic mass is 19.4. The number of hydrogen-bond acceptors (Lipinski definition) is 1. The number of hydrogen-bond donors (Lipinski definition) is 1. The molecule has 1 aromatic carbocycles. The summed E-state index contributed by atoms with van der Waals surface area (Å²) in [4.78, 5) is 0. The lowest BCUT2D eigenvalue weighted by atomic mass is 9.99. The first-order valence-corrected chi connectivity index (χ1v) is 5.10. The van der Waals surface area contributed by atoms with Gasteiger partial charge in [-0.15, -0.1) is 0 Å². The highest BCUT2D eigenvalue weighted by Gasteiger charge is 2.37. The van der Waals surface area contributed by atoms with Gasteiger partial charge in [0.2, 0.25) is 0 Å². The second-order valence-electron chi connectivity index (χ2n) is 3.85. The first kappa shape index (κ1) is 14.8. The van der Waals surface area contributed by atoms with E-state index >= 15 is 0 Å². The topological polar surface area (TPSA) is 26.0 Å². The van der Waals surface area contributed by atoms with E-state index in [-0.39, 0.29) is 18.1 Å². The number of nitrogens with two attached hydrogens (primary N) is 1. The molecule has 7 heteroatoms. The van der Waals surface area contributed by atoms with Crippen molar-refractivity contribution in [3.63, 3.8) is 0 Å². The number of rotatable bonds is 2. The maximum atomic E-state index is 12.5. The molecule has 0 aliphatic heterocycles. The van der Waals surface area contributed by atoms with Crippen LogP contribution in [0.2, 0.25) is 0 Å². The van der Waals surface area contributed by atoms with E-state index in [1.165, 1.54) is 0 Å². The Morgan fingerprint density at radius 2 is 1.33 bits per heavy atom. The lowest BCUT2D eigenvalue weighted by Gasteiger charge is -2.16. The van der Waals surface area contributed by atoms with Gasteiger partial charge in [0.1, 0.15) is 0 Å². The Morgan fingerprint density at radius 3 is 1.61 bits per heavy atom. The van der Waals surface area contributed by atoms with Gasteiger partial charge in [0.05, 0.1) is 11.1 Å². The second-order valence-corrected chi connectivity index (χ2v) is 3.85. The Morgan fingerprint density at radius 1 is 0.944 bits per heavy atom. The molecule has 1 nitrogen and oxygen atoms in total. The Kier molecular flexibility index (Phi) is 3.95. The maximum absolute atomic E-state index is 12.5. The van der Waals surface area contributed by atoms with Crippen LogP contribution in [-0.4, -0.2) is 0 Å². The van der Waals surface area contributed by atoms with Crippen LogP contribution in [0.25, 0.3) is 0 Å². The smallest absolute Gasteiger partial charge is 0.324 e. The molecule has 0 fully saturated rings. The molecule has 0 radical (unpaired) electrons. The van der Waals surface area contributed by atoms with Crippen molar-refractivity contribution >= 4 is 0 Å². The van der Waals surface area contributed by atoms with Crippen LogP contribution in [0, 0.1) is 0 Å². The monoisotopic (exact) mass is 271 g/mol. The third-order valence-electron chi connectivity index (χ3n) is 2.48. The largest absolute Gasteiger partial charge is 0.416 e. The zero-order valence-corrected chi connectivity index (χ0v) is 9.36. The van der Waals surface area contributed by atoms with E-state index < -0.39 is 29.5 Å². The van der Waals surface area contributed by atoms with E-state index in [0.29, 0.717) is 12.1 Å². The molecule has 1 rings (SSSR count). The Balaban J connectivity index is 3.39. The van der Waals surface area contributed by atoms with Crippen molar-refractivity contribution in [1.29, 1.82) is 0 Å². The minimum atomic E-state index is -4.83. The molecule has 0 aliphatic carbocycles. The summed E-state index contributed by atoms with van der Waals surface area (Å²) in [6.07, 6.45) is -9.41. The lowest BCUT2D eigenvalue weighted by molar-refractivity contribution is -0.143. The summed E-state index contributed by atoms with van der Waals surface area (Å²) in [6.45, 7) is 1.58. The van der Waals surface area contributed by atoms with Gasteiger partial charge in [-0.2, -0.15) is 26.3 Å². The molecule has 0 saturated carbocycles. The van der Waals surface area contributed by atoms with Crippen molar-refractivity contribution in [3.05, 3.63) is 34.9 Å². The van der Waals surface area contributed by atoms with Crippen LogP contribution < -0.4 is 5.73 Å². The minimum Gasteiger partial charge on any atom is -0.324 e. The Hall–Kier alpha value is -1.24. The number of benzene rings is 1. The predicted octanol–water partition coefficient (Wildman–Crippen LogP) is 4.13. The normalized spacial score (nSPS) is 14.7. The lowest BCUT2D eigenvalue weighted by Crippen LogP contribution is -2.15. The van der Waals surface area contributed by atoms with E-state index in [4.69, 9.17) is 5.73 Å². The molecule has 1 aromatic rings. The van der Waals surface area contributed by atoms with Crippen molar-refractivity contribution < 1.29 is 26.3 Å². The van der Waals surface area contributed by atoms with E-state index in [2.05, 4.69) is 0 Å². The molecule has 1 atom stereocenters. The summed E-state index contributed by atoms with van der Waals surface area (Å²) in [6, 6.07) is 0.548. The van der Waals surface area contributed by atoms with E-state index in [0.717, 1.165) is 0 Å². The van der Waals surface area contributed by atoms with Crippen LogP contribution in [-0.2, 0) is 12.4 Å². The molecule has 0 heterocycles. The Bertz CT molecular complexity index is 388. The fraction of sp³-hybridized carbons (Fsp3) is 0.455. The molecule has 0 spiro atoms. The van der Waals surface area contributed by atoms with Crippen LogP contribution in [0.3, 0.4) is 0 Å². The average Bonchev–Trinajstić information content (AvgIpc) is 2.25. The zero-order valence-electron chi connectivity index (χ0n) is 9.36. The van der Waals surface area contributed by atoms with Gasteiger partial charge >= 0.3 is 12.4 Å². The summed E-state index contributed by atoms with van der Waals surface area (Å²) in [5, 5.41) is 0. The summed E-state index contributed by atoms with van der Waals surface area (Å²) < 4.78 is 75.0. The fourth-order valence-corrected chi connectivity index (χ4v) is 1.43. The molecule has 0 aliphatic rings. The van der Waals surface area contributed by atoms with Gasteiger partial charge < -0.3 is 5.73 Å². The fourth-order valence-electron chi connectivity index (χ4n) is 1.43. The van der Waals surface area contributed by atoms with Gasteiger partial charge in [-0.25, -0.2) is 0 Å². The molecular formula is C11H11F6N. The second kappa shape index (κ2) is 4.79. The third kappa shape index (κ3) is 3.38. The van der Waals surface area contributed by atoms with Crippen molar-refractivity contribution in [3.8, 4) is 0 Å². The third-order valence-corrected chi connectivity index (χ3v) is 2.48. The van der Waals surface area contributed by atoms with Gasteiger partial charge in [-0.3, -0.25) is 0 Å². The van der Waals surface area contributed by atoms with Crippen LogP contribution in [0.4, 0.5) is 26.3 Å². The average molecular weight is 271 g/mol. The number of alkyl halides is 6. The summed E-state index contributed by atoms with van der Waals surface area (Å²) >= 11 is 0. The molecule has 0 aromatic heterocycles. The quantitative estimate of drug-likeness (QED) is 0.804. The van der Waals surface area contributed by atoms with Gasteiger partial charge in [-0.1, -0.05) is 6.92 Å². The van der Waals surface area contributed by atoms with Crippen LogP contribution in [0.1, 0.15) is 36.1 Å². The number of halogens is 6. The highest BCUT2D eigenvalue weighted by molar-refractivity contribution is 5.35. The maximum Gasteiger partial charge on any atom is 0.416 e. The molecule has 0 saturated heterocycles. The van der Waals surface area contributed by atoms with Gasteiger partial charge in [0, 0.05) is 6.04 Å². The molecule has 18 heavy (non-hydrogen) atoms. The van der Waals surface area contributed by atoms with Crippen molar-refractivity contribution in [2.75, 3.05) is 0 Å². The summed E-state index contributed by atoms with van der Waals surface area (Å²) in [7, 11) is 0. The molecule has 0 bridgehead atoms. The van der Waals surface area contributed by atoms with Crippen LogP contribution in [0.15, 0.2) is 18.2 Å². The molecule has 102 valence electrons.